The summed E-state index contributed by atoms with van der Waals surface area (Å²) in [4.78, 5) is 35.9. The van der Waals surface area contributed by atoms with Gasteiger partial charge in [0.2, 0.25) is 5.91 Å². The van der Waals surface area contributed by atoms with Crippen molar-refractivity contribution in [2.45, 2.75) is 26.7 Å². The molecule has 0 fully saturated rings. The zero-order chi connectivity index (χ0) is 23.7. The fourth-order valence-electron chi connectivity index (χ4n) is 2.54. The number of ether oxygens (including phenoxy) is 1. The van der Waals surface area contributed by atoms with Crippen LogP contribution in [0.4, 0.5) is 5.69 Å². The maximum atomic E-state index is 12.2. The molecule has 0 saturated carbocycles. The average molecular weight is 586 g/mol. The van der Waals surface area contributed by atoms with Crippen LogP contribution in [0.25, 0.3) is 0 Å². The van der Waals surface area contributed by atoms with Crippen LogP contribution in [0, 0.1) is 6.92 Å². The van der Waals surface area contributed by atoms with E-state index >= 15 is 0 Å². The van der Waals surface area contributed by atoms with Crippen molar-refractivity contribution in [2.24, 2.45) is 0 Å². The smallest absolute Gasteiger partial charge is 0.269 e. The normalized spacial score (nSPS) is 10.1. The highest BCUT2D eigenvalue weighted by Gasteiger charge is 2.12. The van der Waals surface area contributed by atoms with Crippen molar-refractivity contribution >= 4 is 72.6 Å². The number of halogens is 2. The highest BCUT2D eigenvalue weighted by Crippen LogP contribution is 2.32. The predicted molar refractivity (Wildman–Crippen MR) is 133 cm³/mol. The highest BCUT2D eigenvalue weighted by molar-refractivity contribution is 9.11. The van der Waals surface area contributed by atoms with Crippen LogP contribution in [0.3, 0.4) is 0 Å². The van der Waals surface area contributed by atoms with Crippen LogP contribution in [0.1, 0.15) is 35.7 Å². The van der Waals surface area contributed by atoms with Gasteiger partial charge < -0.3 is 10.1 Å². The van der Waals surface area contributed by atoms with Gasteiger partial charge in [-0.25, -0.2) is 0 Å². The van der Waals surface area contributed by atoms with E-state index in [0.29, 0.717) is 27.9 Å². The second-order valence-corrected chi connectivity index (χ2v) is 8.83. The Kier molecular flexibility index (Phi) is 10.1. The average Bonchev–Trinajstić information content (AvgIpc) is 2.72. The molecule has 0 spiro atoms. The van der Waals surface area contributed by atoms with Crippen molar-refractivity contribution in [1.29, 1.82) is 0 Å². The van der Waals surface area contributed by atoms with Gasteiger partial charge in [-0.3, -0.25) is 30.6 Å². The molecule has 0 radical (unpaired) electrons. The zero-order valence-corrected chi connectivity index (χ0v) is 21.4. The van der Waals surface area contributed by atoms with Crippen molar-refractivity contribution in [2.75, 3.05) is 11.9 Å². The molecule has 32 heavy (non-hydrogen) atoms. The van der Waals surface area contributed by atoms with Gasteiger partial charge in [-0.05, 0) is 83.5 Å². The molecule has 0 atom stereocenters. The summed E-state index contributed by atoms with van der Waals surface area (Å²) in [5.74, 6) is -0.485. The molecule has 3 amide bonds. The third kappa shape index (κ3) is 8.21. The van der Waals surface area contributed by atoms with Gasteiger partial charge in [0, 0.05) is 22.1 Å². The Hall–Kier alpha value is -2.50. The van der Waals surface area contributed by atoms with E-state index in [9.17, 15) is 14.4 Å². The van der Waals surface area contributed by atoms with E-state index in [1.807, 2.05) is 26.0 Å². The Labute approximate surface area is 208 Å². The molecule has 11 heteroatoms. The van der Waals surface area contributed by atoms with Gasteiger partial charge >= 0.3 is 0 Å². The first-order valence-electron chi connectivity index (χ1n) is 9.58. The number of nitrogens with one attached hydrogen (secondary N) is 4. The lowest BCUT2D eigenvalue weighted by Crippen LogP contribution is -2.49. The van der Waals surface area contributed by atoms with Crippen LogP contribution in [0.2, 0.25) is 0 Å². The van der Waals surface area contributed by atoms with Crippen LogP contribution in [-0.2, 0) is 9.59 Å². The summed E-state index contributed by atoms with van der Waals surface area (Å²) in [6, 6.07) is 10.1. The van der Waals surface area contributed by atoms with Crippen molar-refractivity contribution in [3.63, 3.8) is 0 Å². The van der Waals surface area contributed by atoms with Crippen LogP contribution in [0.15, 0.2) is 45.3 Å². The topological polar surface area (TPSA) is 109 Å². The molecule has 0 aromatic heterocycles. The van der Waals surface area contributed by atoms with E-state index in [-0.39, 0.29) is 17.6 Å². The third-order valence-electron chi connectivity index (χ3n) is 3.99. The van der Waals surface area contributed by atoms with E-state index in [1.165, 1.54) is 0 Å². The van der Waals surface area contributed by atoms with E-state index in [1.54, 1.807) is 24.3 Å². The second-order valence-electron chi connectivity index (χ2n) is 6.65. The van der Waals surface area contributed by atoms with Crippen molar-refractivity contribution in [1.82, 2.24) is 16.2 Å². The molecule has 0 aliphatic carbocycles. The van der Waals surface area contributed by atoms with Crippen molar-refractivity contribution in [3.05, 3.63) is 56.5 Å². The Morgan fingerprint density at radius 1 is 1.03 bits per heavy atom. The zero-order valence-electron chi connectivity index (χ0n) is 17.4. The minimum Gasteiger partial charge on any atom is -0.482 e. The molecule has 0 unspecified atom stereocenters. The number of hydrazine groups is 1. The first kappa shape index (κ1) is 25.8. The van der Waals surface area contributed by atoms with E-state index in [0.717, 1.165) is 16.5 Å². The fraction of sp³-hybridized carbons (Fsp3) is 0.238. The lowest BCUT2D eigenvalue weighted by atomic mass is 10.2. The highest BCUT2D eigenvalue weighted by atomic mass is 79.9. The molecule has 0 aliphatic heterocycles. The van der Waals surface area contributed by atoms with Crippen LogP contribution in [-0.4, -0.2) is 29.4 Å². The number of aryl methyl sites for hydroxylation is 1. The quantitative estimate of drug-likeness (QED) is 0.289. The largest absolute Gasteiger partial charge is 0.482 e. The summed E-state index contributed by atoms with van der Waals surface area (Å²) in [6.07, 6.45) is 1.18. The van der Waals surface area contributed by atoms with E-state index < -0.39 is 11.8 Å². The molecule has 0 saturated heterocycles. The monoisotopic (exact) mass is 584 g/mol. The van der Waals surface area contributed by atoms with Gasteiger partial charge in [0.1, 0.15) is 5.75 Å². The number of hydrogen-bond donors (Lipinski definition) is 4. The molecule has 0 bridgehead atoms. The summed E-state index contributed by atoms with van der Waals surface area (Å²) in [6.45, 7) is 3.51. The molecule has 0 heterocycles. The standard InChI is InChI=1S/C21H22Br2N4O4S/c1-3-4-17(28)24-15-7-5-13(6-8-15)20(30)26-27-21(32)25-18(29)11-31-19-12(2)9-14(22)10-16(19)23/h5-10H,3-4,11H2,1-2H3,(H,24,28)(H,26,30)(H2,25,27,29,32). The maximum Gasteiger partial charge on any atom is 0.269 e. The molecule has 170 valence electrons. The molecule has 0 aliphatic rings. The second kappa shape index (κ2) is 12.5. The fourth-order valence-corrected chi connectivity index (χ4v) is 4.26. The van der Waals surface area contributed by atoms with E-state index in [4.69, 9.17) is 17.0 Å². The summed E-state index contributed by atoms with van der Waals surface area (Å²) in [7, 11) is 0. The molecule has 8 nitrogen and oxygen atoms in total. The van der Waals surface area contributed by atoms with Gasteiger partial charge in [-0.1, -0.05) is 22.9 Å². The minimum absolute atomic E-state index is 0.0815. The molecular formula is C21H22Br2N4O4S. The van der Waals surface area contributed by atoms with E-state index in [2.05, 4.69) is 53.3 Å². The number of carbonyl (C=O) groups excluding carboxylic acids is 3. The summed E-state index contributed by atoms with van der Waals surface area (Å²) in [5, 5.41) is 5.08. The third-order valence-corrected chi connectivity index (χ3v) is 5.24. The predicted octanol–water partition coefficient (Wildman–Crippen LogP) is 3.97. The first-order valence-corrected chi connectivity index (χ1v) is 11.6. The van der Waals surface area contributed by atoms with Crippen LogP contribution < -0.4 is 26.2 Å². The molecule has 4 N–H and O–H groups in total. The van der Waals surface area contributed by atoms with Gasteiger partial charge in [0.15, 0.2) is 11.7 Å². The van der Waals surface area contributed by atoms with Gasteiger partial charge in [-0.15, -0.1) is 0 Å². The van der Waals surface area contributed by atoms with Gasteiger partial charge in [-0.2, -0.15) is 0 Å². The van der Waals surface area contributed by atoms with Crippen LogP contribution >= 0.6 is 44.1 Å². The number of hydrogen-bond acceptors (Lipinski definition) is 5. The van der Waals surface area contributed by atoms with Crippen molar-refractivity contribution in [3.8, 4) is 5.75 Å². The molecule has 2 aromatic carbocycles. The SMILES string of the molecule is CCCC(=O)Nc1ccc(C(=O)NNC(=S)NC(=O)COc2c(C)cc(Br)cc2Br)cc1. The molecular weight excluding hydrogens is 564 g/mol. The minimum atomic E-state index is -0.488. The Morgan fingerprint density at radius 3 is 2.34 bits per heavy atom. The Morgan fingerprint density at radius 2 is 1.72 bits per heavy atom. The van der Waals surface area contributed by atoms with Gasteiger partial charge in [0.05, 0.1) is 4.47 Å². The van der Waals surface area contributed by atoms with Gasteiger partial charge in [0.25, 0.3) is 11.8 Å². The Balaban J connectivity index is 1.78. The van der Waals surface area contributed by atoms with Crippen LogP contribution in [0.5, 0.6) is 5.75 Å². The summed E-state index contributed by atoms with van der Waals surface area (Å²) < 4.78 is 7.14. The van der Waals surface area contributed by atoms with Crippen molar-refractivity contribution < 1.29 is 19.1 Å². The number of anilines is 1. The summed E-state index contributed by atoms with van der Waals surface area (Å²) in [5.41, 5.74) is 6.66. The Bertz CT molecular complexity index is 992. The lowest BCUT2D eigenvalue weighted by molar-refractivity contribution is -0.121. The lowest BCUT2D eigenvalue weighted by Gasteiger charge is -2.13. The summed E-state index contributed by atoms with van der Waals surface area (Å²) >= 11 is 11.8. The molecule has 2 aromatic rings. The number of thiocarbonyl (C=S) groups is 1. The maximum absolute atomic E-state index is 12.2. The number of rotatable bonds is 7. The number of amides is 3. The molecule has 2 rings (SSSR count). The number of carbonyl (C=O) groups is 3. The number of benzene rings is 2. The first-order chi connectivity index (χ1) is 15.2.